The van der Waals surface area contributed by atoms with E-state index in [4.69, 9.17) is 4.74 Å². The Kier molecular flexibility index (Phi) is 3.25. The van der Waals surface area contributed by atoms with Crippen molar-refractivity contribution in [2.75, 3.05) is 27.2 Å². The average Bonchev–Trinajstić information content (AvgIpc) is 2.39. The lowest BCUT2D eigenvalue weighted by Gasteiger charge is -2.08. The van der Waals surface area contributed by atoms with Crippen LogP contribution in [-0.2, 0) is 0 Å². The Balaban J connectivity index is 2.14. The Hall–Kier alpha value is -0.680. The molecule has 1 aromatic rings. The van der Waals surface area contributed by atoms with Gasteiger partial charge in [0.15, 0.2) is 0 Å². The van der Waals surface area contributed by atoms with Gasteiger partial charge in [-0.25, -0.2) is 0 Å². The summed E-state index contributed by atoms with van der Waals surface area (Å²) in [4.78, 5) is 2.06. The molecule has 0 spiro atoms. The standard InChI is InChI=1S/C6H11N3OS/c1-9(2)3-4-10-6-5-7-11-8-6/h5H,3-4H2,1-2H3. The maximum Gasteiger partial charge on any atom is 0.245 e. The van der Waals surface area contributed by atoms with Gasteiger partial charge in [0.05, 0.1) is 11.7 Å². The lowest BCUT2D eigenvalue weighted by atomic mass is 10.6. The van der Waals surface area contributed by atoms with Crippen LogP contribution < -0.4 is 4.74 Å². The lowest BCUT2D eigenvalue weighted by molar-refractivity contribution is 0.255. The maximum absolute atomic E-state index is 5.25. The number of likely N-dealkylation sites (N-methyl/N-ethyl adjacent to an activating group) is 1. The summed E-state index contributed by atoms with van der Waals surface area (Å²) >= 11 is 1.16. The van der Waals surface area contributed by atoms with Crippen LogP contribution in [0, 0.1) is 0 Å². The molecule has 11 heavy (non-hydrogen) atoms. The third-order valence-electron chi connectivity index (χ3n) is 1.13. The van der Waals surface area contributed by atoms with Crippen molar-refractivity contribution >= 4 is 11.7 Å². The zero-order chi connectivity index (χ0) is 8.10. The second kappa shape index (κ2) is 4.25. The summed E-state index contributed by atoms with van der Waals surface area (Å²) < 4.78 is 13.0. The van der Waals surface area contributed by atoms with Crippen LogP contribution in [0.25, 0.3) is 0 Å². The predicted octanol–water partition coefficient (Wildman–Crippen LogP) is 0.478. The van der Waals surface area contributed by atoms with E-state index in [0.29, 0.717) is 12.5 Å². The van der Waals surface area contributed by atoms with Gasteiger partial charge in [0.1, 0.15) is 12.8 Å². The van der Waals surface area contributed by atoms with Crippen LogP contribution in [-0.4, -0.2) is 40.9 Å². The van der Waals surface area contributed by atoms with Crippen molar-refractivity contribution in [3.05, 3.63) is 6.20 Å². The molecule has 1 aromatic heterocycles. The minimum absolute atomic E-state index is 0.622. The van der Waals surface area contributed by atoms with Crippen LogP contribution >= 0.6 is 11.7 Å². The summed E-state index contributed by atoms with van der Waals surface area (Å²) in [5.41, 5.74) is 0. The van der Waals surface area contributed by atoms with Gasteiger partial charge in [0, 0.05) is 6.54 Å². The minimum atomic E-state index is 0.622. The van der Waals surface area contributed by atoms with E-state index in [1.165, 1.54) is 0 Å². The molecule has 0 aliphatic heterocycles. The van der Waals surface area contributed by atoms with E-state index in [-0.39, 0.29) is 0 Å². The highest BCUT2D eigenvalue weighted by atomic mass is 32.1. The van der Waals surface area contributed by atoms with Crippen molar-refractivity contribution in [2.24, 2.45) is 0 Å². The van der Waals surface area contributed by atoms with E-state index in [2.05, 4.69) is 13.6 Å². The first-order valence-electron chi connectivity index (χ1n) is 3.34. The highest BCUT2D eigenvalue weighted by Gasteiger charge is 1.95. The first kappa shape index (κ1) is 8.42. The maximum atomic E-state index is 5.25. The SMILES string of the molecule is CN(C)CCOc1cnsn1. The van der Waals surface area contributed by atoms with Crippen LogP contribution in [0.15, 0.2) is 6.20 Å². The summed E-state index contributed by atoms with van der Waals surface area (Å²) in [6, 6.07) is 0. The second-order valence-corrected chi connectivity index (χ2v) is 2.95. The fourth-order valence-electron chi connectivity index (χ4n) is 0.552. The molecule has 0 unspecified atom stereocenters. The number of ether oxygens (including phenoxy) is 1. The summed E-state index contributed by atoms with van der Waals surface area (Å²) in [5.74, 6) is 0.622. The zero-order valence-corrected chi connectivity index (χ0v) is 7.47. The summed E-state index contributed by atoms with van der Waals surface area (Å²) in [7, 11) is 4.01. The Morgan fingerprint density at radius 1 is 1.64 bits per heavy atom. The van der Waals surface area contributed by atoms with E-state index in [1.807, 2.05) is 14.1 Å². The molecule has 1 heterocycles. The van der Waals surface area contributed by atoms with Gasteiger partial charge in [-0.3, -0.25) is 0 Å². The molecule has 0 atom stereocenters. The molecule has 0 aliphatic carbocycles. The van der Waals surface area contributed by atoms with Gasteiger partial charge < -0.3 is 9.64 Å². The van der Waals surface area contributed by atoms with E-state index in [1.54, 1.807) is 6.20 Å². The third-order valence-corrected chi connectivity index (χ3v) is 1.59. The van der Waals surface area contributed by atoms with E-state index in [0.717, 1.165) is 18.3 Å². The van der Waals surface area contributed by atoms with Crippen molar-refractivity contribution in [1.82, 2.24) is 13.6 Å². The largest absolute Gasteiger partial charge is 0.475 e. The van der Waals surface area contributed by atoms with Gasteiger partial charge in [0.25, 0.3) is 0 Å². The Bertz CT molecular complexity index is 188. The normalized spacial score (nSPS) is 10.5. The topological polar surface area (TPSA) is 38.2 Å². The molecule has 1 rings (SSSR count). The van der Waals surface area contributed by atoms with Gasteiger partial charge >= 0.3 is 0 Å². The molecule has 0 aliphatic rings. The van der Waals surface area contributed by atoms with Crippen molar-refractivity contribution < 1.29 is 4.74 Å². The van der Waals surface area contributed by atoms with Gasteiger partial charge in [-0.2, -0.15) is 4.37 Å². The molecule has 0 saturated heterocycles. The predicted molar refractivity (Wildman–Crippen MR) is 44.0 cm³/mol. The van der Waals surface area contributed by atoms with Crippen LogP contribution in [0.2, 0.25) is 0 Å². The molecule has 0 radical (unpaired) electrons. The molecule has 0 bridgehead atoms. The number of nitrogens with zero attached hydrogens (tertiary/aromatic N) is 3. The Morgan fingerprint density at radius 2 is 2.45 bits per heavy atom. The first-order valence-corrected chi connectivity index (χ1v) is 4.07. The van der Waals surface area contributed by atoms with Crippen molar-refractivity contribution in [3.63, 3.8) is 0 Å². The van der Waals surface area contributed by atoms with Crippen LogP contribution in [0.4, 0.5) is 0 Å². The summed E-state index contributed by atoms with van der Waals surface area (Å²) in [5, 5.41) is 0. The lowest BCUT2D eigenvalue weighted by Crippen LogP contribution is -2.19. The molecule has 0 fully saturated rings. The van der Waals surface area contributed by atoms with E-state index in [9.17, 15) is 0 Å². The molecular formula is C6H11N3OS. The monoisotopic (exact) mass is 173 g/mol. The first-order chi connectivity index (χ1) is 5.29. The Labute approximate surface area is 70.1 Å². The summed E-state index contributed by atoms with van der Waals surface area (Å²) in [6.45, 7) is 1.57. The number of hydrogen-bond donors (Lipinski definition) is 0. The molecule has 0 amide bonds. The molecular weight excluding hydrogens is 162 g/mol. The Morgan fingerprint density at radius 3 is 3.00 bits per heavy atom. The highest BCUT2D eigenvalue weighted by molar-refractivity contribution is 6.99. The van der Waals surface area contributed by atoms with Crippen LogP contribution in [0.1, 0.15) is 0 Å². The highest BCUT2D eigenvalue weighted by Crippen LogP contribution is 2.03. The van der Waals surface area contributed by atoms with Crippen molar-refractivity contribution in [2.45, 2.75) is 0 Å². The van der Waals surface area contributed by atoms with E-state index >= 15 is 0 Å². The third kappa shape index (κ3) is 3.29. The minimum Gasteiger partial charge on any atom is -0.475 e. The summed E-state index contributed by atoms with van der Waals surface area (Å²) in [6.07, 6.45) is 1.63. The molecule has 5 heteroatoms. The molecule has 0 saturated carbocycles. The number of hydrogen-bond acceptors (Lipinski definition) is 5. The van der Waals surface area contributed by atoms with Crippen LogP contribution in [0.5, 0.6) is 5.88 Å². The van der Waals surface area contributed by atoms with Crippen LogP contribution in [0.3, 0.4) is 0 Å². The number of aromatic nitrogens is 2. The smallest absolute Gasteiger partial charge is 0.245 e. The molecule has 4 nitrogen and oxygen atoms in total. The van der Waals surface area contributed by atoms with Gasteiger partial charge in [-0.1, -0.05) is 0 Å². The fraction of sp³-hybridized carbons (Fsp3) is 0.667. The zero-order valence-electron chi connectivity index (χ0n) is 6.65. The van der Waals surface area contributed by atoms with Gasteiger partial charge in [-0.05, 0) is 14.1 Å². The van der Waals surface area contributed by atoms with Crippen molar-refractivity contribution in [3.8, 4) is 5.88 Å². The van der Waals surface area contributed by atoms with Gasteiger partial charge in [0.2, 0.25) is 5.88 Å². The molecule has 0 aromatic carbocycles. The second-order valence-electron chi connectivity index (χ2n) is 2.40. The quantitative estimate of drug-likeness (QED) is 0.663. The fourth-order valence-corrected chi connectivity index (χ4v) is 0.917. The molecule has 0 N–H and O–H groups in total. The average molecular weight is 173 g/mol. The molecule has 62 valence electrons. The van der Waals surface area contributed by atoms with Crippen molar-refractivity contribution in [1.29, 1.82) is 0 Å². The van der Waals surface area contributed by atoms with E-state index < -0.39 is 0 Å². The van der Waals surface area contributed by atoms with Gasteiger partial charge in [-0.15, -0.1) is 4.37 Å². The number of rotatable bonds is 4.